The molecular formula is C25H27N3O5S. The second-order valence-corrected chi connectivity index (χ2v) is 9.24. The van der Waals surface area contributed by atoms with E-state index in [-0.39, 0.29) is 4.90 Å². The van der Waals surface area contributed by atoms with Gasteiger partial charge in [-0.25, -0.2) is 8.42 Å². The topological polar surface area (TPSA) is 97.0 Å². The van der Waals surface area contributed by atoms with Crippen molar-refractivity contribution >= 4 is 27.3 Å². The van der Waals surface area contributed by atoms with Gasteiger partial charge in [-0.2, -0.15) is 0 Å². The number of amides is 1. The van der Waals surface area contributed by atoms with Crippen molar-refractivity contribution in [2.24, 2.45) is 0 Å². The molecule has 0 fully saturated rings. The first-order valence-corrected chi connectivity index (χ1v) is 11.8. The molecule has 1 amide bonds. The predicted octanol–water partition coefficient (Wildman–Crippen LogP) is 3.50. The number of benzene rings is 3. The number of hydrogen-bond acceptors (Lipinski definition) is 6. The van der Waals surface area contributed by atoms with Gasteiger partial charge >= 0.3 is 0 Å². The maximum Gasteiger partial charge on any atom is 0.264 e. The highest BCUT2D eigenvalue weighted by Crippen LogP contribution is 2.29. The van der Waals surface area contributed by atoms with Crippen LogP contribution in [0.25, 0.3) is 5.70 Å². The third-order valence-electron chi connectivity index (χ3n) is 5.03. The lowest BCUT2D eigenvalue weighted by Crippen LogP contribution is -2.45. The first-order valence-electron chi connectivity index (χ1n) is 10.4. The number of aryl methyl sites for hydroxylation is 1. The van der Waals surface area contributed by atoms with E-state index in [2.05, 4.69) is 17.4 Å². The minimum absolute atomic E-state index is 0.0890. The minimum Gasteiger partial charge on any atom is -0.493 e. The van der Waals surface area contributed by atoms with E-state index in [1.807, 2.05) is 6.92 Å². The van der Waals surface area contributed by atoms with Gasteiger partial charge in [-0.15, -0.1) is 0 Å². The molecule has 0 aliphatic carbocycles. The van der Waals surface area contributed by atoms with E-state index in [4.69, 9.17) is 9.47 Å². The van der Waals surface area contributed by atoms with E-state index in [0.717, 1.165) is 9.87 Å². The van der Waals surface area contributed by atoms with Crippen molar-refractivity contribution in [1.82, 2.24) is 10.9 Å². The van der Waals surface area contributed by atoms with Crippen molar-refractivity contribution in [3.8, 4) is 11.5 Å². The largest absolute Gasteiger partial charge is 0.493 e. The third kappa shape index (κ3) is 5.68. The van der Waals surface area contributed by atoms with Crippen molar-refractivity contribution in [2.45, 2.75) is 11.8 Å². The van der Waals surface area contributed by atoms with E-state index < -0.39 is 22.5 Å². The second-order valence-electron chi connectivity index (χ2n) is 7.38. The van der Waals surface area contributed by atoms with Gasteiger partial charge in [0.05, 0.1) is 30.5 Å². The van der Waals surface area contributed by atoms with Crippen molar-refractivity contribution in [2.75, 3.05) is 25.1 Å². The molecule has 34 heavy (non-hydrogen) atoms. The monoisotopic (exact) mass is 481 g/mol. The van der Waals surface area contributed by atoms with Crippen molar-refractivity contribution < 1.29 is 22.7 Å². The predicted molar refractivity (Wildman–Crippen MR) is 132 cm³/mol. The fourth-order valence-electron chi connectivity index (χ4n) is 3.16. The van der Waals surface area contributed by atoms with Crippen LogP contribution < -0.4 is 24.6 Å². The van der Waals surface area contributed by atoms with Crippen LogP contribution in [0.2, 0.25) is 0 Å². The Kier molecular flexibility index (Phi) is 7.80. The molecule has 0 aliphatic heterocycles. The van der Waals surface area contributed by atoms with Crippen LogP contribution in [0.15, 0.2) is 84.3 Å². The van der Waals surface area contributed by atoms with Gasteiger partial charge in [0.1, 0.15) is 6.54 Å². The highest BCUT2D eigenvalue weighted by Gasteiger charge is 2.27. The van der Waals surface area contributed by atoms with Crippen LogP contribution in [-0.4, -0.2) is 35.1 Å². The Hall–Kier alpha value is -3.98. The van der Waals surface area contributed by atoms with Crippen LogP contribution >= 0.6 is 0 Å². The van der Waals surface area contributed by atoms with Crippen LogP contribution in [0.4, 0.5) is 5.69 Å². The zero-order valence-corrected chi connectivity index (χ0v) is 20.1. The molecule has 0 radical (unpaired) electrons. The fourth-order valence-corrected chi connectivity index (χ4v) is 4.60. The number of nitrogens with one attached hydrogen (secondary N) is 2. The van der Waals surface area contributed by atoms with Gasteiger partial charge in [-0.3, -0.25) is 20.0 Å². The first kappa shape index (κ1) is 24.7. The van der Waals surface area contributed by atoms with Crippen LogP contribution in [-0.2, 0) is 14.8 Å². The molecular weight excluding hydrogens is 454 g/mol. The fraction of sp³-hybridized carbons (Fsp3) is 0.160. The summed E-state index contributed by atoms with van der Waals surface area (Å²) in [6.45, 7) is 5.38. The summed E-state index contributed by atoms with van der Waals surface area (Å²) < 4.78 is 38.2. The summed E-state index contributed by atoms with van der Waals surface area (Å²) in [6, 6.07) is 20.1. The lowest BCUT2D eigenvalue weighted by Gasteiger charge is -2.24. The summed E-state index contributed by atoms with van der Waals surface area (Å²) in [4.78, 5) is 12.9. The number of sulfonamides is 1. The SMILES string of the molecule is C=C(NNC(=O)CN(c1ccc(C)cc1)S(=O)(=O)c1ccccc1)c1ccc(OC)c(OC)c1. The number of methoxy groups -OCH3 is 2. The number of hydrazine groups is 1. The number of ether oxygens (including phenoxy) is 2. The molecule has 2 N–H and O–H groups in total. The van der Waals surface area contributed by atoms with E-state index in [1.54, 1.807) is 60.7 Å². The number of anilines is 1. The molecule has 0 heterocycles. The zero-order chi connectivity index (χ0) is 24.7. The Balaban J connectivity index is 1.77. The Morgan fingerprint density at radius 1 is 0.912 bits per heavy atom. The maximum atomic E-state index is 13.3. The molecule has 0 saturated heterocycles. The molecule has 178 valence electrons. The Bertz CT molecular complexity index is 1260. The summed E-state index contributed by atoms with van der Waals surface area (Å²) >= 11 is 0. The number of carbonyl (C=O) groups is 1. The second kappa shape index (κ2) is 10.8. The summed E-state index contributed by atoms with van der Waals surface area (Å²) in [5, 5.41) is 0. The summed E-state index contributed by atoms with van der Waals surface area (Å²) in [5.74, 6) is 0.499. The number of hydrogen-bond donors (Lipinski definition) is 2. The number of nitrogens with zero attached hydrogens (tertiary/aromatic N) is 1. The molecule has 3 aromatic carbocycles. The van der Waals surface area contributed by atoms with Gasteiger partial charge in [0.2, 0.25) is 0 Å². The van der Waals surface area contributed by atoms with E-state index >= 15 is 0 Å². The quantitative estimate of drug-likeness (QED) is 0.430. The van der Waals surface area contributed by atoms with Gasteiger partial charge in [0, 0.05) is 5.56 Å². The maximum absolute atomic E-state index is 13.3. The molecule has 0 aliphatic rings. The van der Waals surface area contributed by atoms with E-state index in [0.29, 0.717) is 28.4 Å². The number of rotatable bonds is 10. The molecule has 9 heteroatoms. The lowest BCUT2D eigenvalue weighted by molar-refractivity contribution is -0.120. The first-order chi connectivity index (χ1) is 16.3. The molecule has 0 unspecified atom stereocenters. The standard InChI is InChI=1S/C25H27N3O5S/c1-18-10-13-21(14-11-18)28(34(30,31)22-8-6-5-7-9-22)17-25(29)27-26-19(2)20-12-15-23(32-3)24(16-20)33-4/h5-16,26H,2,17H2,1,3-4H3,(H,27,29). The van der Waals surface area contributed by atoms with Crippen molar-refractivity contribution in [3.63, 3.8) is 0 Å². The minimum atomic E-state index is -3.98. The number of carbonyl (C=O) groups excluding carboxylic acids is 1. The highest BCUT2D eigenvalue weighted by atomic mass is 32.2. The van der Waals surface area contributed by atoms with Gasteiger partial charge in [0.15, 0.2) is 11.5 Å². The molecule has 0 saturated carbocycles. The third-order valence-corrected chi connectivity index (χ3v) is 6.81. The van der Waals surface area contributed by atoms with Gasteiger partial charge in [-0.1, -0.05) is 42.5 Å². The van der Waals surface area contributed by atoms with E-state index in [1.165, 1.54) is 26.4 Å². The Labute approximate surface area is 199 Å². The van der Waals surface area contributed by atoms with E-state index in [9.17, 15) is 13.2 Å². The molecule has 0 bridgehead atoms. The molecule has 8 nitrogen and oxygen atoms in total. The normalized spacial score (nSPS) is 10.8. The highest BCUT2D eigenvalue weighted by molar-refractivity contribution is 7.92. The van der Waals surface area contributed by atoms with Crippen molar-refractivity contribution in [3.05, 3.63) is 90.5 Å². The van der Waals surface area contributed by atoms with Gasteiger partial charge < -0.3 is 9.47 Å². The summed E-state index contributed by atoms with van der Waals surface area (Å²) in [6.07, 6.45) is 0. The molecule has 3 rings (SSSR count). The average Bonchev–Trinajstić information content (AvgIpc) is 2.86. The molecule has 0 aromatic heterocycles. The summed E-state index contributed by atoms with van der Waals surface area (Å²) in [7, 11) is -0.921. The van der Waals surface area contributed by atoms with Crippen LogP contribution in [0, 0.1) is 6.92 Å². The molecule has 0 spiro atoms. The Morgan fingerprint density at radius 3 is 2.18 bits per heavy atom. The smallest absolute Gasteiger partial charge is 0.264 e. The van der Waals surface area contributed by atoms with Crippen LogP contribution in [0.5, 0.6) is 11.5 Å². The van der Waals surface area contributed by atoms with Crippen molar-refractivity contribution in [1.29, 1.82) is 0 Å². The summed E-state index contributed by atoms with van der Waals surface area (Å²) in [5.41, 5.74) is 7.65. The van der Waals surface area contributed by atoms with Gasteiger partial charge in [0.25, 0.3) is 15.9 Å². The average molecular weight is 482 g/mol. The lowest BCUT2D eigenvalue weighted by atomic mass is 10.1. The van der Waals surface area contributed by atoms with Crippen LogP contribution in [0.3, 0.4) is 0 Å². The zero-order valence-electron chi connectivity index (χ0n) is 19.2. The Morgan fingerprint density at radius 2 is 1.56 bits per heavy atom. The molecule has 0 atom stereocenters. The van der Waals surface area contributed by atoms with Gasteiger partial charge in [-0.05, 0) is 49.4 Å². The van der Waals surface area contributed by atoms with Crippen LogP contribution in [0.1, 0.15) is 11.1 Å². The molecule has 3 aromatic rings.